The first-order chi connectivity index (χ1) is 14.5. The first kappa shape index (κ1) is 22.4. The molecule has 4 nitrogen and oxygen atoms in total. The molecule has 2 aromatic rings. The van der Waals surface area contributed by atoms with Crippen LogP contribution in [-0.2, 0) is 4.79 Å². The molecule has 0 unspecified atom stereocenters. The fourth-order valence-electron chi connectivity index (χ4n) is 4.06. The van der Waals surface area contributed by atoms with Crippen LogP contribution in [0, 0.1) is 11.6 Å². The molecule has 1 saturated heterocycles. The quantitative estimate of drug-likeness (QED) is 0.679. The topological polar surface area (TPSA) is 35.6 Å². The van der Waals surface area contributed by atoms with E-state index in [1.165, 1.54) is 24.3 Å². The Labute approximate surface area is 177 Å². The number of hydrogen-bond acceptors (Lipinski definition) is 3. The summed E-state index contributed by atoms with van der Waals surface area (Å²) in [4.78, 5) is 16.4. The summed E-state index contributed by atoms with van der Waals surface area (Å²) in [6.07, 6.45) is 1.91. The zero-order valence-corrected chi connectivity index (χ0v) is 17.6. The lowest BCUT2D eigenvalue weighted by Gasteiger charge is -2.34. The van der Waals surface area contributed by atoms with E-state index in [4.69, 9.17) is 0 Å². The second-order valence-electron chi connectivity index (χ2n) is 7.87. The smallest absolute Gasteiger partial charge is 0.234 e. The highest BCUT2D eigenvalue weighted by Gasteiger charge is 2.20. The van der Waals surface area contributed by atoms with E-state index < -0.39 is 0 Å². The molecular formula is C24H31F2N3O. The number of carbonyl (C=O) groups excluding carboxylic acids is 1. The van der Waals surface area contributed by atoms with Crippen molar-refractivity contribution < 1.29 is 13.6 Å². The lowest BCUT2D eigenvalue weighted by molar-refractivity contribution is -0.122. The monoisotopic (exact) mass is 415 g/mol. The van der Waals surface area contributed by atoms with Crippen LogP contribution in [0.4, 0.5) is 8.78 Å². The molecule has 0 spiro atoms. The number of hydrogen-bond donors (Lipinski definition) is 1. The third-order valence-electron chi connectivity index (χ3n) is 5.72. The van der Waals surface area contributed by atoms with E-state index in [1.807, 2.05) is 31.2 Å². The Hall–Kier alpha value is -2.31. The molecule has 162 valence electrons. The molecule has 0 saturated carbocycles. The number of rotatable bonds is 9. The minimum Gasteiger partial charge on any atom is -0.355 e. The van der Waals surface area contributed by atoms with Gasteiger partial charge < -0.3 is 10.2 Å². The molecule has 1 fully saturated rings. The van der Waals surface area contributed by atoms with Gasteiger partial charge in [-0.15, -0.1) is 0 Å². The largest absolute Gasteiger partial charge is 0.355 e. The molecule has 0 atom stereocenters. The van der Waals surface area contributed by atoms with Crippen LogP contribution >= 0.6 is 0 Å². The van der Waals surface area contributed by atoms with Crippen LogP contribution in [0.25, 0.3) is 0 Å². The van der Waals surface area contributed by atoms with Gasteiger partial charge in [-0.2, -0.15) is 0 Å². The van der Waals surface area contributed by atoms with Crippen LogP contribution in [0.3, 0.4) is 0 Å². The number of nitrogens with zero attached hydrogens (tertiary/aromatic N) is 2. The summed E-state index contributed by atoms with van der Waals surface area (Å²) in [5.74, 6) is -0.290. The van der Waals surface area contributed by atoms with Crippen LogP contribution in [-0.4, -0.2) is 61.5 Å². The van der Waals surface area contributed by atoms with Gasteiger partial charge in [0.15, 0.2) is 0 Å². The minimum atomic E-state index is -0.248. The molecule has 0 aromatic heterocycles. The average molecular weight is 416 g/mol. The third-order valence-corrected chi connectivity index (χ3v) is 5.72. The maximum atomic E-state index is 13.4. The van der Waals surface area contributed by atoms with Crippen molar-refractivity contribution in [3.63, 3.8) is 0 Å². The summed E-state index contributed by atoms with van der Waals surface area (Å²) in [5, 5.41) is 2.85. The Morgan fingerprint density at radius 1 is 0.900 bits per heavy atom. The number of carbonyl (C=O) groups is 1. The number of halogens is 2. The first-order valence-corrected chi connectivity index (χ1v) is 10.8. The van der Waals surface area contributed by atoms with E-state index in [9.17, 15) is 13.6 Å². The van der Waals surface area contributed by atoms with Gasteiger partial charge in [0.25, 0.3) is 0 Å². The van der Waals surface area contributed by atoms with Gasteiger partial charge >= 0.3 is 0 Å². The third kappa shape index (κ3) is 6.61. The summed E-state index contributed by atoms with van der Waals surface area (Å²) < 4.78 is 26.7. The zero-order valence-electron chi connectivity index (χ0n) is 17.6. The highest BCUT2D eigenvalue weighted by atomic mass is 19.1. The molecular weight excluding hydrogens is 384 g/mol. The van der Waals surface area contributed by atoms with Gasteiger partial charge in [-0.25, -0.2) is 8.78 Å². The molecule has 3 rings (SSSR count). The van der Waals surface area contributed by atoms with E-state index in [1.54, 1.807) is 0 Å². The number of benzene rings is 2. The maximum Gasteiger partial charge on any atom is 0.234 e. The lowest BCUT2D eigenvalue weighted by atomic mass is 9.87. The summed E-state index contributed by atoms with van der Waals surface area (Å²) >= 11 is 0. The van der Waals surface area contributed by atoms with E-state index in [-0.39, 0.29) is 23.5 Å². The van der Waals surface area contributed by atoms with Gasteiger partial charge in [0, 0.05) is 38.6 Å². The standard InChI is InChI=1S/C24H31F2N3O/c1-2-27-24(30)18-29-16-14-28(15-17-29)13-3-4-23(19-5-9-21(25)10-6-19)20-7-11-22(26)12-8-20/h5-12,23H,2-4,13-18H2,1H3,(H,27,30). The van der Waals surface area contributed by atoms with Crippen LogP contribution in [0.2, 0.25) is 0 Å². The fourth-order valence-corrected chi connectivity index (χ4v) is 4.06. The van der Waals surface area contributed by atoms with Crippen molar-refractivity contribution in [2.45, 2.75) is 25.7 Å². The molecule has 2 aromatic carbocycles. The molecule has 1 aliphatic heterocycles. The second kappa shape index (κ2) is 11.2. The SMILES string of the molecule is CCNC(=O)CN1CCN(CCCC(c2ccc(F)cc2)c2ccc(F)cc2)CC1. The van der Waals surface area contributed by atoms with Crippen molar-refractivity contribution in [3.05, 3.63) is 71.3 Å². The number of likely N-dealkylation sites (N-methyl/N-ethyl adjacent to an activating group) is 1. The molecule has 1 N–H and O–H groups in total. The van der Waals surface area contributed by atoms with Crippen LogP contribution in [0.15, 0.2) is 48.5 Å². The lowest BCUT2D eigenvalue weighted by Crippen LogP contribution is -2.49. The maximum absolute atomic E-state index is 13.4. The molecule has 1 heterocycles. The van der Waals surface area contributed by atoms with Gasteiger partial charge in [-0.3, -0.25) is 9.69 Å². The van der Waals surface area contributed by atoms with Crippen molar-refractivity contribution in [1.82, 2.24) is 15.1 Å². The Morgan fingerprint density at radius 3 is 1.90 bits per heavy atom. The van der Waals surface area contributed by atoms with Crippen LogP contribution in [0.5, 0.6) is 0 Å². The average Bonchev–Trinajstić information content (AvgIpc) is 2.74. The van der Waals surface area contributed by atoms with E-state index in [0.717, 1.165) is 56.7 Å². The fraction of sp³-hybridized carbons (Fsp3) is 0.458. The Bertz CT molecular complexity index is 742. The van der Waals surface area contributed by atoms with Gasteiger partial charge in [0.2, 0.25) is 5.91 Å². The summed E-state index contributed by atoms with van der Waals surface area (Å²) in [6.45, 7) is 7.76. The summed E-state index contributed by atoms with van der Waals surface area (Å²) in [5.41, 5.74) is 2.10. The van der Waals surface area contributed by atoms with E-state index >= 15 is 0 Å². The van der Waals surface area contributed by atoms with E-state index in [0.29, 0.717) is 13.1 Å². The van der Waals surface area contributed by atoms with Crippen LogP contribution < -0.4 is 5.32 Å². The van der Waals surface area contributed by atoms with Gasteiger partial charge in [0.1, 0.15) is 11.6 Å². The number of amides is 1. The predicted molar refractivity (Wildman–Crippen MR) is 115 cm³/mol. The van der Waals surface area contributed by atoms with Gasteiger partial charge in [-0.1, -0.05) is 24.3 Å². The summed E-state index contributed by atoms with van der Waals surface area (Å²) in [7, 11) is 0. The highest BCUT2D eigenvalue weighted by molar-refractivity contribution is 5.77. The van der Waals surface area contributed by atoms with Gasteiger partial charge in [-0.05, 0) is 61.7 Å². The molecule has 0 bridgehead atoms. The van der Waals surface area contributed by atoms with Crippen molar-refractivity contribution in [2.75, 3.05) is 45.8 Å². The normalized spacial score (nSPS) is 15.5. The Morgan fingerprint density at radius 2 is 1.40 bits per heavy atom. The Balaban J connectivity index is 1.52. The minimum absolute atomic E-state index is 0.0902. The first-order valence-electron chi connectivity index (χ1n) is 10.8. The van der Waals surface area contributed by atoms with Crippen molar-refractivity contribution in [1.29, 1.82) is 0 Å². The molecule has 1 amide bonds. The second-order valence-corrected chi connectivity index (χ2v) is 7.87. The summed E-state index contributed by atoms with van der Waals surface area (Å²) in [6, 6.07) is 13.2. The molecule has 6 heteroatoms. The molecule has 0 aliphatic carbocycles. The van der Waals surface area contributed by atoms with Crippen molar-refractivity contribution in [2.24, 2.45) is 0 Å². The highest BCUT2D eigenvalue weighted by Crippen LogP contribution is 2.29. The van der Waals surface area contributed by atoms with Crippen molar-refractivity contribution >= 4 is 5.91 Å². The van der Waals surface area contributed by atoms with Crippen molar-refractivity contribution in [3.8, 4) is 0 Å². The van der Waals surface area contributed by atoms with Gasteiger partial charge in [0.05, 0.1) is 6.54 Å². The predicted octanol–water partition coefficient (Wildman–Crippen LogP) is 3.63. The van der Waals surface area contributed by atoms with Crippen LogP contribution in [0.1, 0.15) is 36.8 Å². The van der Waals surface area contributed by atoms with E-state index in [2.05, 4.69) is 15.1 Å². The zero-order chi connectivity index (χ0) is 21.3. The number of nitrogens with one attached hydrogen (secondary N) is 1. The molecule has 30 heavy (non-hydrogen) atoms. The molecule has 0 radical (unpaired) electrons. The number of piperazine rings is 1. The molecule has 1 aliphatic rings. The Kier molecular flexibility index (Phi) is 8.34.